The molecule has 30 heavy (non-hydrogen) atoms. The Bertz CT molecular complexity index is 1060. The Kier molecular flexibility index (Phi) is 5.29. The number of halogens is 1. The average Bonchev–Trinajstić information content (AvgIpc) is 3.02. The lowest BCUT2D eigenvalue weighted by molar-refractivity contribution is -0.387. The number of thioether (sulfide) groups is 1. The Morgan fingerprint density at radius 2 is 1.80 bits per heavy atom. The minimum absolute atomic E-state index is 0.0232. The summed E-state index contributed by atoms with van der Waals surface area (Å²) in [6, 6.07) is 8.68. The molecule has 4 atom stereocenters. The SMILES string of the molecule is O=C([O-])c1ccc([N+](=O)[O-])c2c1NC[C@H]1C[C@@H](Sc3ccccc3[N+](=O)[O-])[C@H](Cl)[C@H]21. The topological polar surface area (TPSA) is 138 Å². The highest BCUT2D eigenvalue weighted by Crippen LogP contribution is 2.55. The van der Waals surface area contributed by atoms with Crippen molar-refractivity contribution in [3.63, 3.8) is 0 Å². The molecule has 0 unspecified atom stereocenters. The molecular formula is C19H15ClN3O6S-. The van der Waals surface area contributed by atoms with Crippen LogP contribution < -0.4 is 10.4 Å². The number of nitrogens with zero attached hydrogens (tertiary/aromatic N) is 2. The van der Waals surface area contributed by atoms with Crippen LogP contribution in [0.2, 0.25) is 0 Å². The van der Waals surface area contributed by atoms with Gasteiger partial charge in [0.05, 0.1) is 37.3 Å². The summed E-state index contributed by atoms with van der Waals surface area (Å²) in [5.74, 6) is -1.96. The van der Waals surface area contributed by atoms with Crippen molar-refractivity contribution < 1.29 is 19.7 Å². The summed E-state index contributed by atoms with van der Waals surface area (Å²) in [6.07, 6.45) is 0.578. The molecule has 1 heterocycles. The number of rotatable bonds is 5. The highest BCUT2D eigenvalue weighted by Gasteiger charge is 2.49. The lowest BCUT2D eigenvalue weighted by atomic mass is 9.82. The van der Waals surface area contributed by atoms with Gasteiger partial charge in [-0.05, 0) is 24.5 Å². The van der Waals surface area contributed by atoms with Crippen molar-refractivity contribution in [1.29, 1.82) is 0 Å². The van der Waals surface area contributed by atoms with Crippen molar-refractivity contribution in [2.75, 3.05) is 11.9 Å². The van der Waals surface area contributed by atoms with Gasteiger partial charge in [0.15, 0.2) is 0 Å². The lowest BCUT2D eigenvalue weighted by Gasteiger charge is -2.32. The predicted octanol–water partition coefficient (Wildman–Crippen LogP) is 3.16. The molecule has 1 aliphatic carbocycles. The van der Waals surface area contributed by atoms with Crippen LogP contribution in [0.1, 0.15) is 28.3 Å². The number of nitro benzene ring substituents is 2. The maximum absolute atomic E-state index is 11.6. The number of aromatic carboxylic acids is 1. The van der Waals surface area contributed by atoms with E-state index in [0.717, 1.165) is 6.07 Å². The van der Waals surface area contributed by atoms with E-state index in [4.69, 9.17) is 11.6 Å². The molecule has 4 rings (SSSR count). The van der Waals surface area contributed by atoms with Gasteiger partial charge in [0, 0.05) is 35.4 Å². The summed E-state index contributed by atoms with van der Waals surface area (Å²) in [5, 5.41) is 36.7. The van der Waals surface area contributed by atoms with Crippen LogP contribution in [0.25, 0.3) is 0 Å². The fraction of sp³-hybridized carbons (Fsp3) is 0.316. The molecule has 2 aromatic carbocycles. The van der Waals surface area contributed by atoms with Gasteiger partial charge in [-0.3, -0.25) is 20.2 Å². The molecule has 0 amide bonds. The van der Waals surface area contributed by atoms with E-state index in [0.29, 0.717) is 17.9 Å². The largest absolute Gasteiger partial charge is 0.545 e. The number of carboxylic acids is 1. The van der Waals surface area contributed by atoms with E-state index in [9.17, 15) is 30.1 Å². The number of fused-ring (bicyclic) bond motifs is 3. The fourth-order valence-corrected chi connectivity index (χ4v) is 6.33. The molecule has 156 valence electrons. The molecule has 0 radical (unpaired) electrons. The van der Waals surface area contributed by atoms with Gasteiger partial charge in [-0.15, -0.1) is 23.4 Å². The summed E-state index contributed by atoms with van der Waals surface area (Å²) in [5.41, 5.74) is 0.0768. The van der Waals surface area contributed by atoms with Gasteiger partial charge in [-0.25, -0.2) is 0 Å². The van der Waals surface area contributed by atoms with Gasteiger partial charge in [-0.1, -0.05) is 12.1 Å². The molecule has 0 bridgehead atoms. The monoisotopic (exact) mass is 448 g/mol. The third-order valence-corrected chi connectivity index (χ3v) is 7.71. The number of carbonyl (C=O) groups excluding carboxylic acids is 1. The Hall–Kier alpha value is -2.85. The number of nitro groups is 2. The molecule has 0 saturated heterocycles. The molecule has 1 N–H and O–H groups in total. The zero-order valence-corrected chi connectivity index (χ0v) is 16.9. The first kappa shape index (κ1) is 20.4. The van der Waals surface area contributed by atoms with E-state index in [1.165, 1.54) is 23.9 Å². The molecule has 1 aliphatic heterocycles. The third-order valence-electron chi connectivity index (χ3n) is 5.59. The van der Waals surface area contributed by atoms with Crippen molar-refractivity contribution in [2.45, 2.75) is 27.9 Å². The predicted molar refractivity (Wildman–Crippen MR) is 109 cm³/mol. The van der Waals surface area contributed by atoms with Crippen LogP contribution >= 0.6 is 23.4 Å². The lowest BCUT2D eigenvalue weighted by Crippen LogP contribution is -2.32. The number of hydrogen-bond donors (Lipinski definition) is 1. The number of benzene rings is 2. The van der Waals surface area contributed by atoms with E-state index in [1.54, 1.807) is 18.2 Å². The molecule has 1 fully saturated rings. The first-order valence-electron chi connectivity index (χ1n) is 9.10. The first-order valence-corrected chi connectivity index (χ1v) is 10.4. The number of para-hydroxylation sites is 1. The van der Waals surface area contributed by atoms with E-state index in [2.05, 4.69) is 5.32 Å². The van der Waals surface area contributed by atoms with E-state index in [-0.39, 0.29) is 39.4 Å². The summed E-state index contributed by atoms with van der Waals surface area (Å²) in [6.45, 7) is 0.399. The number of carboxylic acid groups (broad SMARTS) is 1. The molecule has 9 nitrogen and oxygen atoms in total. The van der Waals surface area contributed by atoms with Crippen LogP contribution in [0.5, 0.6) is 0 Å². The Balaban J connectivity index is 1.73. The standard InChI is InChI=1S/C19H16ClN3O6S/c20-17-14(30-13-4-2-1-3-11(13)22(26)27)7-9-8-21-18-10(19(24)25)5-6-12(23(28)29)16(18)15(9)17/h1-6,9,14-15,17,21H,7-8H2,(H,24,25)/p-1/t9-,14-,15+,17+/m1/s1. The smallest absolute Gasteiger partial charge is 0.282 e. The minimum atomic E-state index is -1.43. The summed E-state index contributed by atoms with van der Waals surface area (Å²) in [7, 11) is 0. The average molecular weight is 449 g/mol. The van der Waals surface area contributed by atoms with Gasteiger partial charge >= 0.3 is 0 Å². The molecule has 0 aromatic heterocycles. The van der Waals surface area contributed by atoms with Gasteiger partial charge in [0.2, 0.25) is 0 Å². The number of alkyl halides is 1. The maximum atomic E-state index is 11.6. The van der Waals surface area contributed by atoms with Gasteiger partial charge in [-0.2, -0.15) is 0 Å². The van der Waals surface area contributed by atoms with Crippen LogP contribution in [0.4, 0.5) is 17.1 Å². The molecular weight excluding hydrogens is 434 g/mol. The van der Waals surface area contributed by atoms with Crippen LogP contribution in [-0.2, 0) is 0 Å². The van der Waals surface area contributed by atoms with Crippen molar-refractivity contribution >= 4 is 46.4 Å². The first-order chi connectivity index (χ1) is 14.3. The molecule has 0 spiro atoms. The highest BCUT2D eigenvalue weighted by molar-refractivity contribution is 8.00. The Labute approximate surface area is 179 Å². The summed E-state index contributed by atoms with van der Waals surface area (Å²) < 4.78 is 0. The van der Waals surface area contributed by atoms with Crippen molar-refractivity contribution in [1.82, 2.24) is 0 Å². The molecule has 2 aliphatic rings. The second kappa shape index (κ2) is 7.77. The van der Waals surface area contributed by atoms with Crippen LogP contribution in [0, 0.1) is 26.1 Å². The third kappa shape index (κ3) is 3.35. The fourth-order valence-electron chi connectivity index (χ4n) is 4.35. The number of carbonyl (C=O) groups is 1. The number of hydrogen-bond acceptors (Lipinski definition) is 8. The molecule has 1 saturated carbocycles. The minimum Gasteiger partial charge on any atom is -0.545 e. The van der Waals surface area contributed by atoms with Crippen molar-refractivity contribution in [2.24, 2.45) is 5.92 Å². The molecule has 11 heteroatoms. The highest BCUT2D eigenvalue weighted by atomic mass is 35.5. The van der Waals surface area contributed by atoms with Crippen LogP contribution in [0.15, 0.2) is 41.3 Å². The molecule has 2 aromatic rings. The summed E-state index contributed by atoms with van der Waals surface area (Å²) in [4.78, 5) is 33.9. The normalized spacial score (nSPS) is 24.4. The summed E-state index contributed by atoms with van der Waals surface area (Å²) >= 11 is 8.05. The van der Waals surface area contributed by atoms with Gasteiger partial charge < -0.3 is 15.2 Å². The number of anilines is 1. The van der Waals surface area contributed by atoms with Crippen molar-refractivity contribution in [3.05, 3.63) is 67.8 Å². The zero-order valence-electron chi connectivity index (χ0n) is 15.3. The maximum Gasteiger partial charge on any atom is 0.282 e. The second-order valence-corrected chi connectivity index (χ2v) is 8.98. The Morgan fingerprint density at radius 1 is 1.10 bits per heavy atom. The zero-order chi connectivity index (χ0) is 21.6. The van der Waals surface area contributed by atoms with E-state index >= 15 is 0 Å². The number of nitrogens with one attached hydrogen (secondary N) is 1. The quantitative estimate of drug-likeness (QED) is 0.418. The van der Waals surface area contributed by atoms with E-state index < -0.39 is 27.1 Å². The van der Waals surface area contributed by atoms with Gasteiger partial charge in [0.1, 0.15) is 0 Å². The second-order valence-electron chi connectivity index (χ2n) is 7.19. The van der Waals surface area contributed by atoms with Gasteiger partial charge in [0.25, 0.3) is 11.4 Å². The van der Waals surface area contributed by atoms with Crippen LogP contribution in [0.3, 0.4) is 0 Å². The van der Waals surface area contributed by atoms with E-state index in [1.807, 2.05) is 0 Å². The van der Waals surface area contributed by atoms with Crippen LogP contribution in [-0.4, -0.2) is 33.0 Å². The van der Waals surface area contributed by atoms with Crippen molar-refractivity contribution in [3.8, 4) is 0 Å². The Morgan fingerprint density at radius 3 is 2.47 bits per heavy atom.